The van der Waals surface area contributed by atoms with Crippen LogP contribution < -0.4 is 11.5 Å². The maximum atomic E-state index is 10.6. The van der Waals surface area contributed by atoms with E-state index in [1.54, 1.807) is 0 Å². The maximum absolute atomic E-state index is 10.6. The van der Waals surface area contributed by atoms with E-state index in [0.29, 0.717) is 5.69 Å². The zero-order chi connectivity index (χ0) is 9.35. The van der Waals surface area contributed by atoms with Gasteiger partial charge in [0.2, 0.25) is 0 Å². The van der Waals surface area contributed by atoms with Gasteiger partial charge < -0.3 is 11.5 Å². The lowest BCUT2D eigenvalue weighted by Gasteiger charge is -1.98. The number of nitrogen functional groups attached to an aromatic ring is 1. The predicted molar refractivity (Wildman–Crippen MR) is 43.2 cm³/mol. The zero-order valence-corrected chi connectivity index (χ0v) is 7.00. The Hall–Kier alpha value is -1.11. The van der Waals surface area contributed by atoms with Gasteiger partial charge in [-0.25, -0.2) is 0 Å². The van der Waals surface area contributed by atoms with Gasteiger partial charge >= 0.3 is 0 Å². The van der Waals surface area contributed by atoms with Crippen LogP contribution in [0.3, 0.4) is 0 Å². The number of nitrogens with two attached hydrogens (primary N) is 1. The summed E-state index contributed by atoms with van der Waals surface area (Å²) >= 11 is 0. The van der Waals surface area contributed by atoms with E-state index in [2.05, 4.69) is 5.73 Å². The molecule has 66 valence electrons. The van der Waals surface area contributed by atoms with Crippen molar-refractivity contribution in [2.75, 3.05) is 5.73 Å². The number of quaternary nitrogens is 1. The molecule has 1 aromatic carbocycles. The summed E-state index contributed by atoms with van der Waals surface area (Å²) in [6, 6.07) is 3.98. The summed E-state index contributed by atoms with van der Waals surface area (Å²) in [5.41, 5.74) is 9.38. The van der Waals surface area contributed by atoms with Crippen LogP contribution in [0, 0.1) is 0 Å². The first-order valence-electron chi connectivity index (χ1n) is 3.10. The van der Waals surface area contributed by atoms with Gasteiger partial charge in [0, 0.05) is 11.8 Å². The number of hydrogen-bond donors (Lipinski definition) is 3. The van der Waals surface area contributed by atoms with Crippen molar-refractivity contribution >= 4 is 21.5 Å². The van der Waals surface area contributed by atoms with Crippen molar-refractivity contribution in [1.82, 2.24) is 0 Å². The second-order valence-corrected chi connectivity index (χ2v) is 3.73. The van der Waals surface area contributed by atoms with Gasteiger partial charge in [0.1, 0.15) is 0 Å². The van der Waals surface area contributed by atoms with Crippen LogP contribution in [0.15, 0.2) is 23.1 Å². The summed E-state index contributed by atoms with van der Waals surface area (Å²) in [6.07, 6.45) is 0. The molecule has 0 bridgehead atoms. The minimum atomic E-state index is -4.17. The highest BCUT2D eigenvalue weighted by molar-refractivity contribution is 7.86. The Morgan fingerprint density at radius 1 is 1.42 bits per heavy atom. The molecule has 0 aliphatic heterocycles. The van der Waals surface area contributed by atoms with Crippen molar-refractivity contribution in [3.05, 3.63) is 18.2 Å². The van der Waals surface area contributed by atoms with Crippen molar-refractivity contribution in [3.63, 3.8) is 0 Å². The second-order valence-electron chi connectivity index (χ2n) is 2.34. The summed E-state index contributed by atoms with van der Waals surface area (Å²) in [5, 5.41) is 0. The molecule has 6 N–H and O–H groups in total. The highest BCUT2D eigenvalue weighted by Gasteiger charge is 2.15. The van der Waals surface area contributed by atoms with E-state index < -0.39 is 10.1 Å². The average Bonchev–Trinajstić information content (AvgIpc) is 1.83. The number of rotatable bonds is 1. The van der Waals surface area contributed by atoms with Gasteiger partial charge in [-0.1, -0.05) is 0 Å². The van der Waals surface area contributed by atoms with Gasteiger partial charge in [0.25, 0.3) is 10.1 Å². The van der Waals surface area contributed by atoms with E-state index >= 15 is 0 Å². The van der Waals surface area contributed by atoms with Crippen LogP contribution >= 0.6 is 0 Å². The first-order chi connectivity index (χ1) is 5.41. The van der Waals surface area contributed by atoms with Gasteiger partial charge in [0.15, 0.2) is 10.6 Å². The molecule has 0 atom stereocenters. The molecule has 0 aromatic heterocycles. The molecule has 0 amide bonds. The minimum absolute atomic E-state index is 0.192. The summed E-state index contributed by atoms with van der Waals surface area (Å²) in [5.74, 6) is 0. The smallest absolute Gasteiger partial charge is 0.300 e. The monoisotopic (exact) mass is 189 g/mol. The van der Waals surface area contributed by atoms with Crippen LogP contribution in [-0.2, 0) is 10.1 Å². The fourth-order valence-electron chi connectivity index (χ4n) is 0.851. The molecule has 0 unspecified atom stereocenters. The van der Waals surface area contributed by atoms with E-state index in [1.807, 2.05) is 0 Å². The molecule has 1 rings (SSSR count). The average molecular weight is 189 g/mol. The molecule has 5 nitrogen and oxygen atoms in total. The molecule has 6 heteroatoms. The van der Waals surface area contributed by atoms with E-state index in [9.17, 15) is 8.42 Å². The minimum Gasteiger partial charge on any atom is -0.399 e. The quantitative estimate of drug-likeness (QED) is 0.404. The molecule has 0 heterocycles. The lowest BCUT2D eigenvalue weighted by atomic mass is 10.3. The van der Waals surface area contributed by atoms with Gasteiger partial charge in [-0.3, -0.25) is 4.55 Å². The third-order valence-electron chi connectivity index (χ3n) is 1.36. The van der Waals surface area contributed by atoms with Crippen LogP contribution in [0.4, 0.5) is 11.4 Å². The second kappa shape index (κ2) is 2.74. The van der Waals surface area contributed by atoms with Gasteiger partial charge in [-0.2, -0.15) is 8.42 Å². The third kappa shape index (κ3) is 1.73. The van der Waals surface area contributed by atoms with Crippen LogP contribution in [0.25, 0.3) is 0 Å². The highest BCUT2D eigenvalue weighted by Crippen LogP contribution is 2.18. The first kappa shape index (κ1) is 8.98. The SMILES string of the molecule is Nc1ccc(S(=O)(=O)O)c([NH3+])c1. The third-order valence-corrected chi connectivity index (χ3v) is 2.32. The van der Waals surface area contributed by atoms with E-state index in [0.717, 1.165) is 0 Å². The van der Waals surface area contributed by atoms with Crippen molar-refractivity contribution in [3.8, 4) is 0 Å². The Bertz CT molecular complexity index is 399. The fourth-order valence-corrected chi connectivity index (χ4v) is 1.48. The Balaban J connectivity index is 3.39. The fraction of sp³-hybridized carbons (Fsp3) is 0. The summed E-state index contributed by atoms with van der Waals surface area (Å²) in [4.78, 5) is -0.211. The zero-order valence-electron chi connectivity index (χ0n) is 6.19. The molecule has 0 aliphatic carbocycles. The highest BCUT2D eigenvalue weighted by atomic mass is 32.2. The van der Waals surface area contributed by atoms with Gasteiger partial charge in [-0.15, -0.1) is 0 Å². The Morgan fingerprint density at radius 3 is 2.42 bits per heavy atom. The Kier molecular flexibility index (Phi) is 2.05. The normalized spacial score (nSPS) is 11.5. The molecule has 1 aromatic rings. The van der Waals surface area contributed by atoms with Crippen LogP contribution in [0.1, 0.15) is 0 Å². The molecule has 0 saturated carbocycles. The predicted octanol–water partition coefficient (Wildman–Crippen LogP) is -0.611. The number of benzene rings is 1. The molecular formula is C6H9N2O3S+. The molecule has 0 radical (unpaired) electrons. The van der Waals surface area contributed by atoms with E-state index in [-0.39, 0.29) is 10.6 Å². The Labute approximate surface area is 69.7 Å². The lowest BCUT2D eigenvalue weighted by Crippen LogP contribution is -2.41. The summed E-state index contributed by atoms with van der Waals surface area (Å²) < 4.78 is 29.9. The van der Waals surface area contributed by atoms with Crippen LogP contribution in [0.5, 0.6) is 0 Å². The van der Waals surface area contributed by atoms with Crippen molar-refractivity contribution < 1.29 is 18.7 Å². The van der Waals surface area contributed by atoms with Gasteiger partial charge in [0.05, 0.1) is 0 Å². The van der Waals surface area contributed by atoms with Gasteiger partial charge in [-0.05, 0) is 12.1 Å². The Morgan fingerprint density at radius 2 is 2.00 bits per heavy atom. The number of anilines is 1. The molecule has 0 fully saturated rings. The molecular weight excluding hydrogens is 180 g/mol. The molecule has 0 saturated heterocycles. The van der Waals surface area contributed by atoms with Crippen molar-refractivity contribution in [2.45, 2.75) is 4.90 Å². The summed E-state index contributed by atoms with van der Waals surface area (Å²) in [7, 11) is -4.17. The van der Waals surface area contributed by atoms with Crippen molar-refractivity contribution in [2.24, 2.45) is 0 Å². The van der Waals surface area contributed by atoms with Crippen LogP contribution in [0.2, 0.25) is 0 Å². The van der Waals surface area contributed by atoms with Crippen LogP contribution in [-0.4, -0.2) is 13.0 Å². The standard InChI is InChI=1S/C6H8N2O3S/c7-4-1-2-6(5(8)3-4)12(9,10)11/h1-3H,7-8H2,(H,9,10,11)/p+1. The lowest BCUT2D eigenvalue weighted by molar-refractivity contribution is -0.258. The summed E-state index contributed by atoms with van der Waals surface area (Å²) in [6.45, 7) is 0. The first-order valence-corrected chi connectivity index (χ1v) is 4.54. The number of hydrogen-bond acceptors (Lipinski definition) is 3. The molecule has 0 aliphatic rings. The molecule has 0 spiro atoms. The maximum Gasteiger partial charge on any atom is 0.300 e. The molecule has 12 heavy (non-hydrogen) atoms. The van der Waals surface area contributed by atoms with E-state index in [4.69, 9.17) is 10.3 Å². The van der Waals surface area contributed by atoms with E-state index in [1.165, 1.54) is 18.2 Å². The largest absolute Gasteiger partial charge is 0.399 e. The topological polar surface area (TPSA) is 108 Å². The van der Waals surface area contributed by atoms with Crippen molar-refractivity contribution in [1.29, 1.82) is 0 Å².